The second kappa shape index (κ2) is 12.0. The third-order valence-electron chi connectivity index (χ3n) is 11.7. The highest BCUT2D eigenvalue weighted by molar-refractivity contribution is 6.31. The van der Waals surface area contributed by atoms with Crippen molar-refractivity contribution < 1.29 is 0 Å². The van der Waals surface area contributed by atoms with Crippen LogP contribution in [0.25, 0.3) is 81.8 Å². The number of aromatic nitrogens is 2. The Hall–Kier alpha value is -7.43. The number of nitrogens with zero attached hydrogens (tertiary/aromatic N) is 4. The highest BCUT2D eigenvalue weighted by Crippen LogP contribution is 2.44. The van der Waals surface area contributed by atoms with Crippen LogP contribution in [0.4, 0.5) is 5.69 Å². The molecule has 0 fully saturated rings. The van der Waals surface area contributed by atoms with Gasteiger partial charge in [-0.05, 0) is 81.0 Å². The predicted octanol–water partition coefficient (Wildman–Crippen LogP) is 13.7. The van der Waals surface area contributed by atoms with Crippen LogP contribution in [0.5, 0.6) is 0 Å². The number of fused-ring (bicyclic) bond motifs is 12. The van der Waals surface area contributed by atoms with Crippen LogP contribution in [-0.2, 0) is 0 Å². The summed E-state index contributed by atoms with van der Waals surface area (Å²) in [6.07, 6.45) is 0. The monoisotopic (exact) mass is 713 g/mol. The molecular formula is C52H33N4-. The lowest BCUT2D eigenvalue weighted by Gasteiger charge is -2.36. The zero-order chi connectivity index (χ0) is 36.7. The maximum absolute atomic E-state index is 5.23. The lowest BCUT2D eigenvalue weighted by molar-refractivity contribution is 0.982. The molecule has 2 aromatic heterocycles. The Balaban J connectivity index is 1.07. The molecule has 12 rings (SSSR count). The van der Waals surface area contributed by atoms with Crippen molar-refractivity contribution in [2.45, 2.75) is 6.04 Å². The molecule has 1 aliphatic heterocycles. The smallest absolute Gasteiger partial charge is 0.0619 e. The fourth-order valence-electron chi connectivity index (χ4n) is 9.22. The molecule has 1 atom stereocenters. The van der Waals surface area contributed by atoms with Gasteiger partial charge in [-0.25, -0.2) is 0 Å². The molecule has 56 heavy (non-hydrogen) atoms. The molecule has 9 aromatic carbocycles. The van der Waals surface area contributed by atoms with Gasteiger partial charge in [-0.2, -0.15) is 0 Å². The van der Waals surface area contributed by atoms with Crippen molar-refractivity contribution >= 4 is 76.7 Å². The Morgan fingerprint density at radius 3 is 1.84 bits per heavy atom. The van der Waals surface area contributed by atoms with Gasteiger partial charge in [0.25, 0.3) is 0 Å². The molecule has 4 nitrogen and oxygen atoms in total. The second-order valence-corrected chi connectivity index (χ2v) is 14.7. The molecule has 1 aliphatic rings. The van der Waals surface area contributed by atoms with Crippen molar-refractivity contribution in [3.8, 4) is 11.4 Å². The van der Waals surface area contributed by atoms with E-state index in [4.69, 9.17) is 10.3 Å². The number of aliphatic imine (C=N–C) groups is 1. The van der Waals surface area contributed by atoms with Crippen molar-refractivity contribution in [1.29, 1.82) is 0 Å². The van der Waals surface area contributed by atoms with E-state index in [1.807, 2.05) is 0 Å². The first-order valence-corrected chi connectivity index (χ1v) is 19.2. The summed E-state index contributed by atoms with van der Waals surface area (Å²) >= 11 is 0. The minimum absolute atomic E-state index is 0.105. The fourth-order valence-corrected chi connectivity index (χ4v) is 9.22. The highest BCUT2D eigenvalue weighted by Gasteiger charge is 2.21. The minimum atomic E-state index is -0.105. The van der Waals surface area contributed by atoms with Gasteiger partial charge in [0.15, 0.2) is 0 Å². The molecule has 0 saturated heterocycles. The van der Waals surface area contributed by atoms with Crippen LogP contribution in [-0.4, -0.2) is 15.0 Å². The Morgan fingerprint density at radius 1 is 0.411 bits per heavy atom. The highest BCUT2D eigenvalue weighted by atomic mass is 15.1. The normalized spacial score (nSPS) is 14.1. The summed E-state index contributed by atoms with van der Waals surface area (Å²) in [5, 5.41) is 15.3. The summed E-state index contributed by atoms with van der Waals surface area (Å²) in [5.41, 5.74) is 11.3. The van der Waals surface area contributed by atoms with Crippen molar-refractivity contribution in [2.24, 2.45) is 4.99 Å². The quantitative estimate of drug-likeness (QED) is 0.163. The fraction of sp³-hybridized carbons (Fsp3) is 0.0192. The predicted molar refractivity (Wildman–Crippen MR) is 234 cm³/mol. The third kappa shape index (κ3) is 4.50. The topological polar surface area (TPSA) is 36.3 Å². The summed E-state index contributed by atoms with van der Waals surface area (Å²) in [6, 6.07) is 69.8. The first-order chi connectivity index (χ1) is 27.8. The van der Waals surface area contributed by atoms with Gasteiger partial charge in [-0.1, -0.05) is 157 Å². The zero-order valence-electron chi connectivity index (χ0n) is 30.3. The molecule has 1 unspecified atom stereocenters. The molecule has 4 heteroatoms. The SMILES string of the molecule is c1ccc(C2[N-]C(c3ccc(-n4c5ccccc5c5ccc6c(ccc7ccc8c(c9ccccc9n8-c8ccccc8)c76)c54)cc3)=Nc3ccccc32)cc1. The van der Waals surface area contributed by atoms with Crippen LogP contribution in [0.2, 0.25) is 0 Å². The van der Waals surface area contributed by atoms with Gasteiger partial charge in [-0.3, -0.25) is 0 Å². The lowest BCUT2D eigenvalue weighted by atomic mass is 9.95. The van der Waals surface area contributed by atoms with E-state index in [0.29, 0.717) is 0 Å². The van der Waals surface area contributed by atoms with E-state index in [1.165, 1.54) is 65.2 Å². The van der Waals surface area contributed by atoms with Crippen molar-refractivity contribution in [3.05, 3.63) is 216 Å². The summed E-state index contributed by atoms with van der Waals surface area (Å²) in [7, 11) is 0. The minimum Gasteiger partial charge on any atom is -0.453 e. The van der Waals surface area contributed by atoms with Crippen LogP contribution in [0.15, 0.2) is 199 Å². The van der Waals surface area contributed by atoms with Crippen LogP contribution in [0.1, 0.15) is 22.7 Å². The van der Waals surface area contributed by atoms with Gasteiger partial charge in [-0.15, -0.1) is 0 Å². The van der Waals surface area contributed by atoms with Crippen LogP contribution >= 0.6 is 0 Å². The number of para-hydroxylation sites is 4. The number of hydrogen-bond acceptors (Lipinski definition) is 1. The van der Waals surface area contributed by atoms with E-state index in [1.54, 1.807) is 0 Å². The molecule has 0 aliphatic carbocycles. The largest absolute Gasteiger partial charge is 0.453 e. The summed E-state index contributed by atoms with van der Waals surface area (Å²) in [6.45, 7) is 0. The van der Waals surface area contributed by atoms with Crippen LogP contribution in [0, 0.1) is 0 Å². The molecule has 11 aromatic rings. The first kappa shape index (κ1) is 31.0. The Labute approximate surface area is 323 Å². The third-order valence-corrected chi connectivity index (χ3v) is 11.7. The molecule has 0 spiro atoms. The zero-order valence-corrected chi connectivity index (χ0v) is 30.3. The van der Waals surface area contributed by atoms with E-state index in [-0.39, 0.29) is 6.04 Å². The van der Waals surface area contributed by atoms with Crippen molar-refractivity contribution in [2.75, 3.05) is 0 Å². The lowest BCUT2D eigenvalue weighted by Crippen LogP contribution is -2.12. The average Bonchev–Trinajstić information content (AvgIpc) is 3.80. The van der Waals surface area contributed by atoms with Gasteiger partial charge >= 0.3 is 0 Å². The van der Waals surface area contributed by atoms with Gasteiger partial charge in [0.1, 0.15) is 0 Å². The first-order valence-electron chi connectivity index (χ1n) is 19.2. The Kier molecular flexibility index (Phi) is 6.66. The second-order valence-electron chi connectivity index (χ2n) is 14.7. The van der Waals surface area contributed by atoms with E-state index >= 15 is 0 Å². The Bertz CT molecular complexity index is 3370. The van der Waals surface area contributed by atoms with Gasteiger partial charge in [0.05, 0.1) is 22.1 Å². The molecule has 0 bridgehead atoms. The molecule has 0 N–H and O–H groups in total. The molecule has 0 amide bonds. The molecule has 3 heterocycles. The van der Waals surface area contributed by atoms with Crippen molar-refractivity contribution in [1.82, 2.24) is 9.13 Å². The summed E-state index contributed by atoms with van der Waals surface area (Å²) in [5.74, 6) is 0.752. The maximum atomic E-state index is 5.23. The van der Waals surface area contributed by atoms with Crippen molar-refractivity contribution in [3.63, 3.8) is 0 Å². The van der Waals surface area contributed by atoms with E-state index in [9.17, 15) is 0 Å². The van der Waals surface area contributed by atoms with E-state index in [2.05, 4.69) is 203 Å². The summed E-state index contributed by atoms with van der Waals surface area (Å²) < 4.78 is 4.85. The van der Waals surface area contributed by atoms with Gasteiger partial charge < -0.3 is 19.4 Å². The average molecular weight is 714 g/mol. The maximum Gasteiger partial charge on any atom is 0.0619 e. The number of hydrogen-bond donors (Lipinski definition) is 0. The Morgan fingerprint density at radius 2 is 1.02 bits per heavy atom. The van der Waals surface area contributed by atoms with E-state index in [0.717, 1.165) is 39.6 Å². The van der Waals surface area contributed by atoms with Crippen LogP contribution in [0.3, 0.4) is 0 Å². The molecule has 0 saturated carbocycles. The number of amidine groups is 1. The van der Waals surface area contributed by atoms with Crippen LogP contribution < -0.4 is 0 Å². The standard InChI is InChI=1S/C52H33N4/c1-3-13-34(14-4-1)50-42-18-7-10-20-44(42)53-52(54-50)35-23-27-37(28-24-35)56-45-21-11-8-17-38(45)40-31-30-39-41(51(40)56)29-25-33-26-32-47-49(48(33)39)43-19-9-12-22-46(43)55(47)36-15-5-2-6-16-36/h1-32,50H/q-1. The summed E-state index contributed by atoms with van der Waals surface area (Å²) in [4.78, 5) is 5.06. The number of rotatable bonds is 4. The number of benzene rings is 9. The van der Waals surface area contributed by atoms with Gasteiger partial charge in [0, 0.05) is 44.3 Å². The molecule has 0 radical (unpaired) electrons. The molecular weight excluding hydrogens is 681 g/mol. The molecule has 262 valence electrons. The van der Waals surface area contributed by atoms with Gasteiger partial charge in [0.2, 0.25) is 0 Å². The van der Waals surface area contributed by atoms with E-state index < -0.39 is 0 Å².